The first kappa shape index (κ1) is 20.8. The van der Waals surface area contributed by atoms with E-state index in [1.54, 1.807) is 53.2 Å². The Morgan fingerprint density at radius 3 is 2.61 bits per heavy atom. The fourth-order valence-corrected chi connectivity index (χ4v) is 3.79. The van der Waals surface area contributed by atoms with Gasteiger partial charge in [0, 0.05) is 18.3 Å². The quantitative estimate of drug-likeness (QED) is 0.432. The third-order valence-electron chi connectivity index (χ3n) is 5.13. The van der Waals surface area contributed by atoms with Gasteiger partial charge in [-0.05, 0) is 55.0 Å². The lowest BCUT2D eigenvalue weighted by Gasteiger charge is -2.28. The first-order valence-electron chi connectivity index (χ1n) is 9.70. The topological polar surface area (TPSA) is 51.0 Å². The number of hydrogen-bond donors (Lipinski definition) is 0. The first-order chi connectivity index (χ1) is 15.0. The number of hydrogen-bond acceptors (Lipinski definition) is 3. The highest BCUT2D eigenvalue weighted by molar-refractivity contribution is 6.30. The van der Waals surface area contributed by atoms with Crippen LogP contribution in [0.5, 0.6) is 0 Å². The Morgan fingerprint density at radius 2 is 1.90 bits per heavy atom. The third-order valence-corrected chi connectivity index (χ3v) is 5.37. The van der Waals surface area contributed by atoms with E-state index in [1.165, 1.54) is 18.3 Å². The van der Waals surface area contributed by atoms with Crippen LogP contribution in [-0.4, -0.2) is 32.6 Å². The highest BCUT2D eigenvalue weighted by Gasteiger charge is 2.28. The zero-order valence-electron chi connectivity index (χ0n) is 17.0. The number of nitrogens with zero attached hydrogens (tertiary/aromatic N) is 4. The van der Waals surface area contributed by atoms with E-state index in [0.717, 1.165) is 5.69 Å². The summed E-state index contributed by atoms with van der Waals surface area (Å²) in [6.45, 7) is 1.83. The van der Waals surface area contributed by atoms with E-state index in [2.05, 4.69) is 10.1 Å². The van der Waals surface area contributed by atoms with Gasteiger partial charge in [-0.25, -0.2) is 9.07 Å². The first-order valence-corrected chi connectivity index (χ1v) is 10.1. The number of carbonyl (C=O) groups excluding carboxylic acids is 1. The molecule has 0 saturated carbocycles. The average Bonchev–Trinajstić information content (AvgIpc) is 3.15. The van der Waals surface area contributed by atoms with Crippen LogP contribution in [-0.2, 0) is 0 Å². The van der Waals surface area contributed by atoms with Gasteiger partial charge < -0.3 is 4.90 Å². The second-order valence-corrected chi connectivity index (χ2v) is 7.60. The Labute approximate surface area is 184 Å². The minimum atomic E-state index is -0.557. The maximum absolute atomic E-state index is 14.0. The highest BCUT2D eigenvalue weighted by atomic mass is 35.5. The van der Waals surface area contributed by atoms with Gasteiger partial charge in [0.1, 0.15) is 5.82 Å². The van der Waals surface area contributed by atoms with Crippen molar-refractivity contribution in [3.05, 3.63) is 112 Å². The van der Waals surface area contributed by atoms with Crippen molar-refractivity contribution >= 4 is 17.5 Å². The highest BCUT2D eigenvalue weighted by Crippen LogP contribution is 2.29. The Morgan fingerprint density at radius 1 is 1.10 bits per heavy atom. The van der Waals surface area contributed by atoms with E-state index in [1.807, 2.05) is 31.2 Å². The van der Waals surface area contributed by atoms with Crippen molar-refractivity contribution in [1.82, 2.24) is 19.7 Å². The molecule has 0 aliphatic carbocycles. The van der Waals surface area contributed by atoms with Gasteiger partial charge in [0.2, 0.25) is 0 Å². The van der Waals surface area contributed by atoms with E-state index in [-0.39, 0.29) is 11.7 Å². The number of amides is 1. The second kappa shape index (κ2) is 8.70. The lowest BCUT2D eigenvalue weighted by molar-refractivity contribution is 0.0751. The zero-order valence-corrected chi connectivity index (χ0v) is 17.8. The van der Waals surface area contributed by atoms with Crippen LogP contribution in [0.3, 0.4) is 0 Å². The van der Waals surface area contributed by atoms with Crippen LogP contribution in [0.15, 0.2) is 79.1 Å². The van der Waals surface area contributed by atoms with Crippen molar-refractivity contribution in [1.29, 1.82) is 0 Å². The molecule has 0 spiro atoms. The SMILES string of the molecule is Cc1c(C(=O)N(C)[C@@H](c2cccc(F)c2)c2ccccn2)cnn1-c1cccc(Cl)c1. The summed E-state index contributed by atoms with van der Waals surface area (Å²) < 4.78 is 15.6. The van der Waals surface area contributed by atoms with E-state index < -0.39 is 6.04 Å². The van der Waals surface area contributed by atoms with Crippen LogP contribution in [0, 0.1) is 12.7 Å². The summed E-state index contributed by atoms with van der Waals surface area (Å²) in [5, 5.41) is 4.97. The molecule has 0 aliphatic rings. The molecule has 0 fully saturated rings. The van der Waals surface area contributed by atoms with Crippen molar-refractivity contribution in [2.45, 2.75) is 13.0 Å². The molecule has 2 heterocycles. The maximum atomic E-state index is 14.0. The molecule has 4 rings (SSSR count). The van der Waals surface area contributed by atoms with Gasteiger partial charge in [0.25, 0.3) is 5.91 Å². The lowest BCUT2D eigenvalue weighted by Crippen LogP contribution is -2.32. The number of halogens is 2. The van der Waals surface area contributed by atoms with Gasteiger partial charge in [0.15, 0.2) is 0 Å². The molecule has 5 nitrogen and oxygen atoms in total. The second-order valence-electron chi connectivity index (χ2n) is 7.16. The molecule has 31 heavy (non-hydrogen) atoms. The number of benzene rings is 2. The minimum absolute atomic E-state index is 0.245. The molecule has 7 heteroatoms. The van der Waals surface area contributed by atoms with Gasteiger partial charge in [-0.2, -0.15) is 5.10 Å². The fraction of sp³-hybridized carbons (Fsp3) is 0.125. The van der Waals surface area contributed by atoms with Crippen LogP contribution in [0.4, 0.5) is 4.39 Å². The van der Waals surface area contributed by atoms with Crippen molar-refractivity contribution in [2.75, 3.05) is 7.05 Å². The van der Waals surface area contributed by atoms with Gasteiger partial charge in [-0.15, -0.1) is 0 Å². The fourth-order valence-electron chi connectivity index (χ4n) is 3.60. The van der Waals surface area contributed by atoms with Crippen LogP contribution >= 0.6 is 11.6 Å². The molecule has 0 N–H and O–H groups in total. The van der Waals surface area contributed by atoms with Gasteiger partial charge in [0.05, 0.1) is 34.9 Å². The van der Waals surface area contributed by atoms with Crippen molar-refractivity contribution in [3.8, 4) is 5.69 Å². The van der Waals surface area contributed by atoms with Crippen molar-refractivity contribution in [3.63, 3.8) is 0 Å². The maximum Gasteiger partial charge on any atom is 0.257 e. The number of rotatable bonds is 5. The van der Waals surface area contributed by atoms with Gasteiger partial charge in [-0.1, -0.05) is 35.9 Å². The third kappa shape index (κ3) is 4.20. The number of pyridine rings is 1. The Balaban J connectivity index is 1.73. The van der Waals surface area contributed by atoms with Crippen molar-refractivity contribution in [2.24, 2.45) is 0 Å². The monoisotopic (exact) mass is 434 g/mol. The molecule has 0 radical (unpaired) electrons. The molecule has 2 aromatic carbocycles. The average molecular weight is 435 g/mol. The Kier molecular flexibility index (Phi) is 5.82. The summed E-state index contributed by atoms with van der Waals surface area (Å²) in [5.74, 6) is -0.616. The van der Waals surface area contributed by atoms with Crippen molar-refractivity contribution < 1.29 is 9.18 Å². The van der Waals surface area contributed by atoms with E-state index >= 15 is 0 Å². The smallest absolute Gasteiger partial charge is 0.257 e. The van der Waals surface area contributed by atoms with Crippen LogP contribution in [0.2, 0.25) is 5.02 Å². The summed E-state index contributed by atoms with van der Waals surface area (Å²) in [7, 11) is 1.68. The minimum Gasteiger partial charge on any atom is -0.329 e. The molecule has 2 aromatic heterocycles. The lowest BCUT2D eigenvalue weighted by atomic mass is 10.0. The molecule has 1 atom stereocenters. The standard InChI is InChI=1S/C24H20ClFN4O/c1-16-21(15-28-30(16)20-10-6-8-18(25)14-20)24(31)29(2)23(22-11-3-4-12-27-22)17-7-5-9-19(26)13-17/h3-15,23H,1-2H3/t23-/m0/s1. The predicted molar refractivity (Wildman–Crippen MR) is 118 cm³/mol. The van der Waals surface area contributed by atoms with Crippen LogP contribution in [0.1, 0.15) is 33.4 Å². The summed E-state index contributed by atoms with van der Waals surface area (Å²) in [4.78, 5) is 19.4. The molecular formula is C24H20ClFN4O. The van der Waals surface area contributed by atoms with E-state index in [9.17, 15) is 9.18 Å². The summed E-state index contributed by atoms with van der Waals surface area (Å²) in [6, 6.07) is 18.4. The largest absolute Gasteiger partial charge is 0.329 e. The zero-order chi connectivity index (χ0) is 22.0. The van der Waals surface area contributed by atoms with Gasteiger partial charge in [-0.3, -0.25) is 9.78 Å². The normalized spacial score (nSPS) is 11.9. The number of carbonyl (C=O) groups is 1. The van der Waals surface area contributed by atoms with Crippen LogP contribution < -0.4 is 0 Å². The van der Waals surface area contributed by atoms with E-state index in [4.69, 9.17) is 11.6 Å². The van der Waals surface area contributed by atoms with Gasteiger partial charge >= 0.3 is 0 Å². The Hall–Kier alpha value is -3.51. The molecule has 4 aromatic rings. The number of aromatic nitrogens is 3. The summed E-state index contributed by atoms with van der Waals surface area (Å²) in [6.07, 6.45) is 3.19. The van der Waals surface area contributed by atoms with E-state index in [0.29, 0.717) is 27.5 Å². The Bertz CT molecular complexity index is 1230. The van der Waals surface area contributed by atoms with Crippen LogP contribution in [0.25, 0.3) is 5.69 Å². The molecule has 1 amide bonds. The molecule has 0 saturated heterocycles. The molecule has 0 aliphatic heterocycles. The summed E-state index contributed by atoms with van der Waals surface area (Å²) in [5.41, 5.74) is 3.16. The molecule has 0 bridgehead atoms. The molecular weight excluding hydrogens is 415 g/mol. The predicted octanol–water partition coefficient (Wildman–Crippen LogP) is 5.23. The summed E-state index contributed by atoms with van der Waals surface area (Å²) >= 11 is 6.10. The molecule has 0 unspecified atom stereocenters. The molecule has 156 valence electrons.